The highest BCUT2D eigenvalue weighted by atomic mass is 32.2. The molecule has 1 heterocycles. The molecule has 1 aromatic rings. The van der Waals surface area contributed by atoms with E-state index in [2.05, 4.69) is 35.5 Å². The van der Waals surface area contributed by atoms with Crippen molar-refractivity contribution in [3.05, 3.63) is 29.8 Å². The fraction of sp³-hybridized carbons (Fsp3) is 0.400. The number of rotatable bonds is 1. The Morgan fingerprint density at radius 1 is 1.54 bits per heavy atom. The molecular formula is C10H14N2S. The lowest BCUT2D eigenvalue weighted by molar-refractivity contribution is 0.437. The fourth-order valence-corrected chi connectivity index (χ4v) is 2.66. The van der Waals surface area contributed by atoms with Gasteiger partial charge >= 0.3 is 0 Å². The topological polar surface area (TPSA) is 29.3 Å². The van der Waals surface area contributed by atoms with Gasteiger partial charge in [0.1, 0.15) is 0 Å². The Kier molecular flexibility index (Phi) is 2.58. The molecule has 1 aromatic carbocycles. The van der Waals surface area contributed by atoms with E-state index in [1.807, 2.05) is 11.9 Å². The molecular weight excluding hydrogens is 180 g/mol. The SMILES string of the molecule is CCN1CC(N)c2ccccc2S1. The summed E-state index contributed by atoms with van der Waals surface area (Å²) in [5.74, 6) is 0. The summed E-state index contributed by atoms with van der Waals surface area (Å²) in [6.45, 7) is 4.17. The van der Waals surface area contributed by atoms with Gasteiger partial charge in [-0.3, -0.25) is 0 Å². The van der Waals surface area contributed by atoms with E-state index < -0.39 is 0 Å². The van der Waals surface area contributed by atoms with E-state index >= 15 is 0 Å². The van der Waals surface area contributed by atoms with E-state index in [1.165, 1.54) is 10.5 Å². The Morgan fingerprint density at radius 3 is 3.08 bits per heavy atom. The highest BCUT2D eigenvalue weighted by molar-refractivity contribution is 7.97. The Morgan fingerprint density at radius 2 is 2.31 bits per heavy atom. The van der Waals surface area contributed by atoms with Crippen molar-refractivity contribution in [3.63, 3.8) is 0 Å². The summed E-state index contributed by atoms with van der Waals surface area (Å²) in [4.78, 5) is 1.31. The molecule has 0 amide bonds. The average molecular weight is 194 g/mol. The number of hydrogen-bond acceptors (Lipinski definition) is 3. The predicted octanol–water partition coefficient (Wildman–Crippen LogP) is 2.03. The molecule has 0 fully saturated rings. The molecule has 2 rings (SSSR count). The van der Waals surface area contributed by atoms with Crippen molar-refractivity contribution in [2.75, 3.05) is 13.1 Å². The molecule has 0 saturated carbocycles. The van der Waals surface area contributed by atoms with Crippen LogP contribution in [0.2, 0.25) is 0 Å². The second-order valence-corrected chi connectivity index (χ2v) is 4.36. The van der Waals surface area contributed by atoms with Crippen molar-refractivity contribution < 1.29 is 0 Å². The fourth-order valence-electron chi connectivity index (χ4n) is 1.56. The third-order valence-corrected chi connectivity index (χ3v) is 3.53. The molecule has 1 aliphatic heterocycles. The maximum absolute atomic E-state index is 6.06. The van der Waals surface area contributed by atoms with Gasteiger partial charge in [0.15, 0.2) is 0 Å². The van der Waals surface area contributed by atoms with Crippen molar-refractivity contribution >= 4 is 11.9 Å². The van der Waals surface area contributed by atoms with Gasteiger partial charge in [0.25, 0.3) is 0 Å². The van der Waals surface area contributed by atoms with Gasteiger partial charge in [-0.25, -0.2) is 4.31 Å². The van der Waals surface area contributed by atoms with E-state index in [-0.39, 0.29) is 6.04 Å². The van der Waals surface area contributed by atoms with Crippen LogP contribution in [0, 0.1) is 0 Å². The van der Waals surface area contributed by atoms with E-state index in [9.17, 15) is 0 Å². The van der Waals surface area contributed by atoms with Crippen LogP contribution in [0.4, 0.5) is 0 Å². The molecule has 0 aromatic heterocycles. The maximum Gasteiger partial charge on any atom is 0.0445 e. The first-order valence-electron chi connectivity index (χ1n) is 4.58. The molecule has 1 aliphatic rings. The number of hydrogen-bond donors (Lipinski definition) is 1. The van der Waals surface area contributed by atoms with Gasteiger partial charge in [0, 0.05) is 24.0 Å². The number of benzene rings is 1. The summed E-state index contributed by atoms with van der Waals surface area (Å²) in [6, 6.07) is 8.57. The normalized spacial score (nSPS) is 22.8. The largest absolute Gasteiger partial charge is 0.323 e. The Balaban J connectivity index is 2.31. The van der Waals surface area contributed by atoms with Crippen molar-refractivity contribution in [3.8, 4) is 0 Å². The molecule has 13 heavy (non-hydrogen) atoms. The molecule has 0 spiro atoms. The summed E-state index contributed by atoms with van der Waals surface area (Å²) in [5.41, 5.74) is 7.35. The van der Waals surface area contributed by atoms with Crippen LogP contribution in [0.5, 0.6) is 0 Å². The Labute approximate surface area is 83.2 Å². The zero-order valence-electron chi connectivity index (χ0n) is 7.73. The minimum Gasteiger partial charge on any atom is -0.323 e. The molecule has 3 heteroatoms. The average Bonchev–Trinajstić information content (AvgIpc) is 2.18. The van der Waals surface area contributed by atoms with Crippen LogP contribution in [0.1, 0.15) is 18.5 Å². The third-order valence-electron chi connectivity index (χ3n) is 2.30. The lowest BCUT2D eigenvalue weighted by Gasteiger charge is -2.30. The van der Waals surface area contributed by atoms with Crippen LogP contribution in [0.15, 0.2) is 29.2 Å². The summed E-state index contributed by atoms with van der Waals surface area (Å²) in [5, 5.41) is 0. The summed E-state index contributed by atoms with van der Waals surface area (Å²) >= 11 is 1.81. The first-order valence-corrected chi connectivity index (χ1v) is 5.36. The summed E-state index contributed by atoms with van der Waals surface area (Å²) < 4.78 is 2.30. The van der Waals surface area contributed by atoms with Gasteiger partial charge in [-0.2, -0.15) is 0 Å². The molecule has 0 bridgehead atoms. The lowest BCUT2D eigenvalue weighted by atomic mass is 10.1. The third kappa shape index (κ3) is 1.73. The quantitative estimate of drug-likeness (QED) is 0.694. The van der Waals surface area contributed by atoms with Gasteiger partial charge < -0.3 is 5.73 Å². The minimum absolute atomic E-state index is 0.178. The van der Waals surface area contributed by atoms with Crippen LogP contribution < -0.4 is 5.73 Å². The van der Waals surface area contributed by atoms with Crippen LogP contribution in [-0.2, 0) is 0 Å². The predicted molar refractivity (Wildman–Crippen MR) is 56.5 cm³/mol. The molecule has 70 valence electrons. The highest BCUT2D eigenvalue weighted by Crippen LogP contribution is 2.34. The molecule has 2 N–H and O–H groups in total. The monoisotopic (exact) mass is 194 g/mol. The maximum atomic E-state index is 6.06. The van der Waals surface area contributed by atoms with Gasteiger partial charge in [-0.05, 0) is 23.6 Å². The number of nitrogens with two attached hydrogens (primary N) is 1. The molecule has 0 radical (unpaired) electrons. The molecule has 2 nitrogen and oxygen atoms in total. The summed E-state index contributed by atoms with van der Waals surface area (Å²) in [7, 11) is 0. The first kappa shape index (κ1) is 9.06. The standard InChI is InChI=1S/C10H14N2S/c1-2-12-7-9(11)8-5-3-4-6-10(8)13-12/h3-6,9H,2,7,11H2,1H3. The van der Waals surface area contributed by atoms with E-state index in [1.54, 1.807) is 0 Å². The van der Waals surface area contributed by atoms with E-state index in [0.29, 0.717) is 0 Å². The number of nitrogens with zero attached hydrogens (tertiary/aromatic N) is 1. The zero-order valence-corrected chi connectivity index (χ0v) is 8.55. The molecule has 0 aliphatic carbocycles. The number of fused-ring (bicyclic) bond motifs is 1. The van der Waals surface area contributed by atoms with E-state index in [4.69, 9.17) is 5.73 Å². The van der Waals surface area contributed by atoms with E-state index in [0.717, 1.165) is 13.1 Å². The first-order chi connectivity index (χ1) is 6.31. The molecule has 1 atom stereocenters. The van der Waals surface area contributed by atoms with Crippen LogP contribution in [0.3, 0.4) is 0 Å². The van der Waals surface area contributed by atoms with Gasteiger partial charge in [-0.1, -0.05) is 25.1 Å². The van der Waals surface area contributed by atoms with Crippen molar-refractivity contribution in [2.24, 2.45) is 5.73 Å². The smallest absolute Gasteiger partial charge is 0.0445 e. The second kappa shape index (κ2) is 3.70. The van der Waals surface area contributed by atoms with Gasteiger partial charge in [0.05, 0.1) is 0 Å². The zero-order chi connectivity index (χ0) is 9.26. The van der Waals surface area contributed by atoms with Crippen LogP contribution >= 0.6 is 11.9 Å². The highest BCUT2D eigenvalue weighted by Gasteiger charge is 2.21. The molecule has 1 unspecified atom stereocenters. The van der Waals surface area contributed by atoms with Gasteiger partial charge in [-0.15, -0.1) is 0 Å². The Hall–Kier alpha value is -0.510. The second-order valence-electron chi connectivity index (χ2n) is 3.22. The Bertz CT molecular complexity index is 301. The summed E-state index contributed by atoms with van der Waals surface area (Å²) in [6.07, 6.45) is 0. The van der Waals surface area contributed by atoms with Crippen LogP contribution in [-0.4, -0.2) is 17.4 Å². The van der Waals surface area contributed by atoms with Crippen molar-refractivity contribution in [1.82, 2.24) is 4.31 Å². The molecule has 0 saturated heterocycles. The van der Waals surface area contributed by atoms with Crippen molar-refractivity contribution in [2.45, 2.75) is 17.9 Å². The number of likely N-dealkylation sites (N-methyl/N-ethyl adjacent to an activating group) is 1. The van der Waals surface area contributed by atoms with Crippen LogP contribution in [0.25, 0.3) is 0 Å². The van der Waals surface area contributed by atoms with Gasteiger partial charge in [0.2, 0.25) is 0 Å². The minimum atomic E-state index is 0.178. The van der Waals surface area contributed by atoms with Crippen molar-refractivity contribution in [1.29, 1.82) is 0 Å². The lowest BCUT2D eigenvalue weighted by Crippen LogP contribution is -2.31.